The highest BCUT2D eigenvalue weighted by atomic mass is 16.5. The Morgan fingerprint density at radius 2 is 2.20 bits per heavy atom. The van der Waals surface area contributed by atoms with Gasteiger partial charge in [0.2, 0.25) is 0 Å². The number of rotatable bonds is 0. The van der Waals surface area contributed by atoms with Gasteiger partial charge in [-0.3, -0.25) is 0 Å². The molecule has 0 bridgehead atoms. The lowest BCUT2D eigenvalue weighted by atomic mass is 10.1. The van der Waals surface area contributed by atoms with Crippen molar-refractivity contribution >= 4 is 0 Å². The van der Waals surface area contributed by atoms with Crippen molar-refractivity contribution in [2.45, 2.75) is 6.10 Å². The molecule has 3 heteroatoms. The molecular weight excluding hydrogens is 130 g/mol. The molecule has 2 aliphatic rings. The standard InChI is InChI=1S/C7H13NO2/c1-2-10-7-4-8-3-6(7)5-9-1/h6-8H,1-5H2. The molecule has 1 N–H and O–H groups in total. The van der Waals surface area contributed by atoms with Crippen LogP contribution in [0.5, 0.6) is 0 Å². The van der Waals surface area contributed by atoms with E-state index in [1.807, 2.05) is 0 Å². The Morgan fingerprint density at radius 1 is 1.20 bits per heavy atom. The van der Waals surface area contributed by atoms with Gasteiger partial charge in [0.25, 0.3) is 0 Å². The number of nitrogens with one attached hydrogen (secondary N) is 1. The fraction of sp³-hybridized carbons (Fsp3) is 1.00. The zero-order valence-electron chi connectivity index (χ0n) is 6.01. The molecule has 10 heavy (non-hydrogen) atoms. The molecule has 58 valence electrons. The molecular formula is C7H13NO2. The third-order valence-electron chi connectivity index (χ3n) is 2.17. The molecule has 0 radical (unpaired) electrons. The minimum atomic E-state index is 0.419. The van der Waals surface area contributed by atoms with Crippen molar-refractivity contribution in [2.24, 2.45) is 5.92 Å². The lowest BCUT2D eigenvalue weighted by Crippen LogP contribution is -2.23. The van der Waals surface area contributed by atoms with Crippen LogP contribution in [-0.4, -0.2) is 39.0 Å². The SMILES string of the molecule is C1COC2CNCC2CO1. The molecule has 0 aromatic heterocycles. The maximum Gasteiger partial charge on any atom is 0.0762 e. The van der Waals surface area contributed by atoms with Gasteiger partial charge < -0.3 is 14.8 Å². The maximum absolute atomic E-state index is 5.54. The predicted octanol–water partition coefficient (Wildman–Crippen LogP) is -0.379. The number of hydrogen-bond acceptors (Lipinski definition) is 3. The molecule has 2 atom stereocenters. The van der Waals surface area contributed by atoms with Crippen LogP contribution in [0.3, 0.4) is 0 Å². The van der Waals surface area contributed by atoms with Crippen LogP contribution >= 0.6 is 0 Å². The van der Waals surface area contributed by atoms with Crippen molar-refractivity contribution in [3.05, 3.63) is 0 Å². The molecule has 0 aromatic carbocycles. The second-order valence-corrected chi connectivity index (χ2v) is 2.90. The summed E-state index contributed by atoms with van der Waals surface area (Å²) >= 11 is 0. The minimum absolute atomic E-state index is 0.419. The highest BCUT2D eigenvalue weighted by molar-refractivity contribution is 4.82. The van der Waals surface area contributed by atoms with Gasteiger partial charge in [-0.2, -0.15) is 0 Å². The van der Waals surface area contributed by atoms with E-state index in [1.54, 1.807) is 0 Å². The summed E-state index contributed by atoms with van der Waals surface area (Å²) in [4.78, 5) is 0. The van der Waals surface area contributed by atoms with Gasteiger partial charge in [-0.25, -0.2) is 0 Å². The average molecular weight is 143 g/mol. The minimum Gasteiger partial charge on any atom is -0.379 e. The van der Waals surface area contributed by atoms with Crippen molar-refractivity contribution in [1.29, 1.82) is 0 Å². The van der Waals surface area contributed by atoms with Crippen LogP contribution in [0.25, 0.3) is 0 Å². The Hall–Kier alpha value is -0.120. The molecule has 0 aromatic rings. The van der Waals surface area contributed by atoms with Crippen LogP contribution in [0.1, 0.15) is 0 Å². The molecule has 2 unspecified atom stereocenters. The van der Waals surface area contributed by atoms with Crippen LogP contribution in [-0.2, 0) is 9.47 Å². The van der Waals surface area contributed by atoms with E-state index in [0.717, 1.165) is 32.9 Å². The third-order valence-corrected chi connectivity index (χ3v) is 2.17. The van der Waals surface area contributed by atoms with Crippen molar-refractivity contribution in [1.82, 2.24) is 5.32 Å². The van der Waals surface area contributed by atoms with E-state index < -0.39 is 0 Å². The van der Waals surface area contributed by atoms with E-state index in [2.05, 4.69) is 5.32 Å². The van der Waals surface area contributed by atoms with E-state index >= 15 is 0 Å². The Labute approximate surface area is 60.7 Å². The number of ether oxygens (including phenoxy) is 2. The second-order valence-electron chi connectivity index (χ2n) is 2.90. The molecule has 2 saturated heterocycles. The molecule has 2 rings (SSSR count). The highest BCUT2D eigenvalue weighted by Gasteiger charge is 2.29. The van der Waals surface area contributed by atoms with Gasteiger partial charge in [-0.15, -0.1) is 0 Å². The average Bonchev–Trinajstić information content (AvgIpc) is 2.28. The molecule has 2 fully saturated rings. The van der Waals surface area contributed by atoms with Gasteiger partial charge in [0.1, 0.15) is 0 Å². The maximum atomic E-state index is 5.54. The summed E-state index contributed by atoms with van der Waals surface area (Å²) in [5, 5.41) is 3.29. The summed E-state index contributed by atoms with van der Waals surface area (Å²) in [6, 6.07) is 0. The van der Waals surface area contributed by atoms with E-state index in [0.29, 0.717) is 12.0 Å². The van der Waals surface area contributed by atoms with Gasteiger partial charge in [-0.05, 0) is 0 Å². The summed E-state index contributed by atoms with van der Waals surface area (Å²) in [7, 11) is 0. The zero-order valence-corrected chi connectivity index (χ0v) is 6.01. The van der Waals surface area contributed by atoms with Gasteiger partial charge in [0, 0.05) is 19.0 Å². The molecule has 0 aliphatic carbocycles. The monoisotopic (exact) mass is 143 g/mol. The van der Waals surface area contributed by atoms with Crippen LogP contribution in [0.15, 0.2) is 0 Å². The lowest BCUT2D eigenvalue weighted by Gasteiger charge is -2.12. The van der Waals surface area contributed by atoms with E-state index in [-0.39, 0.29) is 0 Å². The van der Waals surface area contributed by atoms with Crippen molar-refractivity contribution in [2.75, 3.05) is 32.9 Å². The van der Waals surface area contributed by atoms with E-state index in [9.17, 15) is 0 Å². The summed E-state index contributed by atoms with van der Waals surface area (Å²) in [6.45, 7) is 4.48. The smallest absolute Gasteiger partial charge is 0.0762 e. The van der Waals surface area contributed by atoms with Crippen LogP contribution in [0.4, 0.5) is 0 Å². The fourth-order valence-electron chi connectivity index (χ4n) is 1.56. The van der Waals surface area contributed by atoms with E-state index in [4.69, 9.17) is 9.47 Å². The van der Waals surface area contributed by atoms with Crippen LogP contribution in [0.2, 0.25) is 0 Å². The van der Waals surface area contributed by atoms with Crippen molar-refractivity contribution in [3.63, 3.8) is 0 Å². The number of fused-ring (bicyclic) bond motifs is 1. The Balaban J connectivity index is 1.95. The first-order valence-corrected chi connectivity index (χ1v) is 3.87. The molecule has 3 nitrogen and oxygen atoms in total. The molecule has 0 saturated carbocycles. The van der Waals surface area contributed by atoms with Crippen LogP contribution in [0, 0.1) is 5.92 Å². The number of hydrogen-bond donors (Lipinski definition) is 1. The molecule has 2 aliphatic heterocycles. The van der Waals surface area contributed by atoms with Gasteiger partial charge in [-0.1, -0.05) is 0 Å². The second kappa shape index (κ2) is 2.86. The normalized spacial score (nSPS) is 40.8. The largest absolute Gasteiger partial charge is 0.379 e. The first kappa shape index (κ1) is 6.58. The first-order chi connectivity index (χ1) is 4.97. The Morgan fingerprint density at radius 3 is 3.20 bits per heavy atom. The lowest BCUT2D eigenvalue weighted by molar-refractivity contribution is 0.0538. The molecule has 0 spiro atoms. The van der Waals surface area contributed by atoms with Crippen molar-refractivity contribution < 1.29 is 9.47 Å². The van der Waals surface area contributed by atoms with Gasteiger partial charge >= 0.3 is 0 Å². The molecule has 2 heterocycles. The summed E-state index contributed by atoms with van der Waals surface area (Å²) in [6.07, 6.45) is 0.419. The summed E-state index contributed by atoms with van der Waals surface area (Å²) in [5.74, 6) is 0.600. The Bertz CT molecular complexity index is 106. The van der Waals surface area contributed by atoms with Gasteiger partial charge in [0.05, 0.1) is 25.9 Å². The topological polar surface area (TPSA) is 30.5 Å². The first-order valence-electron chi connectivity index (χ1n) is 3.87. The van der Waals surface area contributed by atoms with Crippen LogP contribution < -0.4 is 5.32 Å². The summed E-state index contributed by atoms with van der Waals surface area (Å²) < 4.78 is 10.9. The predicted molar refractivity (Wildman–Crippen MR) is 36.9 cm³/mol. The summed E-state index contributed by atoms with van der Waals surface area (Å²) in [5.41, 5.74) is 0. The quantitative estimate of drug-likeness (QED) is 0.501. The fourth-order valence-corrected chi connectivity index (χ4v) is 1.56. The van der Waals surface area contributed by atoms with E-state index in [1.165, 1.54) is 0 Å². The van der Waals surface area contributed by atoms with Gasteiger partial charge in [0.15, 0.2) is 0 Å². The zero-order chi connectivity index (χ0) is 6.81. The molecule has 0 amide bonds. The Kier molecular flexibility index (Phi) is 1.88. The van der Waals surface area contributed by atoms with Crippen molar-refractivity contribution in [3.8, 4) is 0 Å². The third kappa shape index (κ3) is 1.17. The highest BCUT2D eigenvalue weighted by Crippen LogP contribution is 2.15.